The van der Waals surface area contributed by atoms with E-state index < -0.39 is 29.1 Å². The van der Waals surface area contributed by atoms with E-state index in [2.05, 4.69) is 10.6 Å². The van der Waals surface area contributed by atoms with Gasteiger partial charge in [0, 0.05) is 30.3 Å². The van der Waals surface area contributed by atoms with Gasteiger partial charge in [0.25, 0.3) is 11.8 Å². The second kappa shape index (κ2) is 9.52. The summed E-state index contributed by atoms with van der Waals surface area (Å²) in [6.07, 6.45) is 0. The van der Waals surface area contributed by atoms with E-state index in [0.717, 1.165) is 12.1 Å². The number of ether oxygens (including phenoxy) is 1. The van der Waals surface area contributed by atoms with Gasteiger partial charge in [-0.1, -0.05) is 18.2 Å². The number of carbonyl (C=O) groups is 3. The molecule has 0 saturated carbocycles. The van der Waals surface area contributed by atoms with Crippen LogP contribution in [0.2, 0.25) is 0 Å². The summed E-state index contributed by atoms with van der Waals surface area (Å²) in [6, 6.07) is 15.0. The molecule has 0 saturated heterocycles. The highest BCUT2D eigenvalue weighted by Crippen LogP contribution is 2.35. The van der Waals surface area contributed by atoms with Gasteiger partial charge in [0.2, 0.25) is 0 Å². The molecular weight excluding hydrogens is 416 g/mol. The number of carbonyl (C=O) groups excluding carboxylic acids is 3. The van der Waals surface area contributed by atoms with Gasteiger partial charge in [-0.25, -0.2) is 0 Å². The number of phenolic OH excluding ortho intramolecular Hbond substituents is 3. The fourth-order valence-corrected chi connectivity index (χ4v) is 2.85. The maximum atomic E-state index is 12.4. The molecule has 5 N–H and O–H groups in total. The Bertz CT molecular complexity index is 1170. The average molecular weight is 436 g/mol. The number of benzene rings is 3. The lowest BCUT2D eigenvalue weighted by Crippen LogP contribution is -2.23. The number of aromatic hydroxyl groups is 3. The molecule has 2 amide bonds. The highest BCUT2D eigenvalue weighted by molar-refractivity contribution is 6.05. The first kappa shape index (κ1) is 22.2. The van der Waals surface area contributed by atoms with Crippen LogP contribution in [0.1, 0.15) is 33.2 Å². The van der Waals surface area contributed by atoms with E-state index >= 15 is 0 Å². The van der Waals surface area contributed by atoms with Gasteiger partial charge >= 0.3 is 5.97 Å². The van der Waals surface area contributed by atoms with Crippen molar-refractivity contribution in [3.05, 3.63) is 77.4 Å². The third kappa shape index (κ3) is 5.54. The van der Waals surface area contributed by atoms with Crippen molar-refractivity contribution in [2.24, 2.45) is 0 Å². The number of hydrogen-bond donors (Lipinski definition) is 5. The molecule has 0 aliphatic heterocycles. The number of hydrogen-bond acceptors (Lipinski definition) is 7. The zero-order chi connectivity index (χ0) is 23.3. The molecule has 0 heterocycles. The number of anilines is 1. The number of phenols is 3. The third-order valence-corrected chi connectivity index (χ3v) is 4.33. The van der Waals surface area contributed by atoms with Crippen molar-refractivity contribution in [1.82, 2.24) is 5.32 Å². The van der Waals surface area contributed by atoms with Crippen LogP contribution < -0.4 is 15.4 Å². The van der Waals surface area contributed by atoms with E-state index in [1.807, 2.05) is 0 Å². The predicted octanol–water partition coefficient (Wildman–Crippen LogP) is 2.91. The smallest absolute Gasteiger partial charge is 0.308 e. The Morgan fingerprint density at radius 1 is 0.844 bits per heavy atom. The van der Waals surface area contributed by atoms with Crippen LogP contribution in [0.3, 0.4) is 0 Å². The van der Waals surface area contributed by atoms with E-state index in [9.17, 15) is 29.7 Å². The minimum absolute atomic E-state index is 0.0517. The molecule has 3 aromatic carbocycles. The maximum Gasteiger partial charge on any atom is 0.308 e. The number of nitrogens with one attached hydrogen (secondary N) is 2. The lowest BCUT2D eigenvalue weighted by atomic mass is 10.1. The van der Waals surface area contributed by atoms with Gasteiger partial charge in [-0.05, 0) is 48.0 Å². The summed E-state index contributed by atoms with van der Waals surface area (Å²) in [5.41, 5.74) is 1.39. The Balaban J connectivity index is 1.64. The fourth-order valence-electron chi connectivity index (χ4n) is 2.85. The molecule has 164 valence electrons. The van der Waals surface area contributed by atoms with Crippen molar-refractivity contribution in [3.8, 4) is 23.0 Å². The van der Waals surface area contributed by atoms with Gasteiger partial charge in [0.15, 0.2) is 17.2 Å². The second-order valence-corrected chi connectivity index (χ2v) is 6.82. The molecular formula is C23H20N2O7. The fraction of sp³-hybridized carbons (Fsp3) is 0.0870. The molecule has 0 aliphatic rings. The molecule has 9 nitrogen and oxygen atoms in total. The van der Waals surface area contributed by atoms with E-state index in [0.29, 0.717) is 16.8 Å². The summed E-state index contributed by atoms with van der Waals surface area (Å²) in [7, 11) is 0. The topological polar surface area (TPSA) is 145 Å². The minimum atomic E-state index is -0.710. The van der Waals surface area contributed by atoms with Crippen LogP contribution in [-0.4, -0.2) is 33.1 Å². The van der Waals surface area contributed by atoms with Crippen molar-refractivity contribution in [1.29, 1.82) is 0 Å². The van der Waals surface area contributed by atoms with Gasteiger partial charge < -0.3 is 30.7 Å². The van der Waals surface area contributed by atoms with E-state index in [1.54, 1.807) is 42.5 Å². The van der Waals surface area contributed by atoms with E-state index in [4.69, 9.17) is 4.74 Å². The summed E-state index contributed by atoms with van der Waals surface area (Å²) in [6.45, 7) is 1.44. The molecule has 0 fully saturated rings. The molecule has 9 heteroatoms. The zero-order valence-corrected chi connectivity index (χ0v) is 17.0. The Kier molecular flexibility index (Phi) is 6.59. The molecule has 3 aromatic rings. The maximum absolute atomic E-state index is 12.4. The molecule has 0 unspecified atom stereocenters. The van der Waals surface area contributed by atoms with E-state index in [1.165, 1.54) is 13.0 Å². The van der Waals surface area contributed by atoms with Crippen molar-refractivity contribution in [3.63, 3.8) is 0 Å². The van der Waals surface area contributed by atoms with Crippen molar-refractivity contribution in [2.45, 2.75) is 13.5 Å². The van der Waals surface area contributed by atoms with Crippen LogP contribution in [0, 0.1) is 0 Å². The van der Waals surface area contributed by atoms with Crippen LogP contribution in [0.15, 0.2) is 60.7 Å². The highest BCUT2D eigenvalue weighted by atomic mass is 16.5. The summed E-state index contributed by atoms with van der Waals surface area (Å²) in [4.78, 5) is 35.8. The van der Waals surface area contributed by atoms with Gasteiger partial charge in [-0.3, -0.25) is 14.4 Å². The highest BCUT2D eigenvalue weighted by Gasteiger charge is 2.14. The molecule has 3 rings (SSSR count). The average Bonchev–Trinajstić information content (AvgIpc) is 2.75. The van der Waals surface area contributed by atoms with Crippen LogP contribution in [-0.2, 0) is 11.3 Å². The first-order valence-corrected chi connectivity index (χ1v) is 9.45. The summed E-state index contributed by atoms with van der Waals surface area (Å²) < 4.78 is 4.97. The number of amides is 2. The standard InChI is InChI=1S/C23H20N2O7/c1-13(26)32-18-7-3-5-15(9-18)22(30)24-12-14-4-2-6-17(8-14)25-23(31)16-10-19(27)21(29)20(28)11-16/h2-11,27-29H,12H2,1H3,(H,24,30)(H,25,31). The monoisotopic (exact) mass is 436 g/mol. The summed E-state index contributed by atoms with van der Waals surface area (Å²) in [5.74, 6) is -3.16. The third-order valence-electron chi connectivity index (χ3n) is 4.33. The van der Waals surface area contributed by atoms with Crippen LogP contribution in [0.4, 0.5) is 5.69 Å². The predicted molar refractivity (Wildman–Crippen MR) is 115 cm³/mol. The molecule has 0 atom stereocenters. The largest absolute Gasteiger partial charge is 0.504 e. The van der Waals surface area contributed by atoms with Crippen LogP contribution >= 0.6 is 0 Å². The van der Waals surface area contributed by atoms with Crippen molar-refractivity contribution < 1.29 is 34.4 Å². The molecule has 0 radical (unpaired) electrons. The lowest BCUT2D eigenvalue weighted by molar-refractivity contribution is -0.131. The first-order valence-electron chi connectivity index (χ1n) is 9.45. The van der Waals surface area contributed by atoms with Gasteiger partial charge in [-0.2, -0.15) is 0 Å². The van der Waals surface area contributed by atoms with Crippen LogP contribution in [0.25, 0.3) is 0 Å². The van der Waals surface area contributed by atoms with E-state index in [-0.39, 0.29) is 23.8 Å². The second-order valence-electron chi connectivity index (χ2n) is 6.82. The van der Waals surface area contributed by atoms with Gasteiger partial charge in [0.05, 0.1) is 0 Å². The Morgan fingerprint density at radius 2 is 1.53 bits per heavy atom. The quantitative estimate of drug-likeness (QED) is 0.227. The van der Waals surface area contributed by atoms with Crippen molar-refractivity contribution >= 4 is 23.5 Å². The summed E-state index contributed by atoms with van der Waals surface area (Å²) in [5, 5.41) is 33.9. The van der Waals surface area contributed by atoms with Gasteiger partial charge in [-0.15, -0.1) is 0 Å². The van der Waals surface area contributed by atoms with Crippen molar-refractivity contribution in [2.75, 3.05) is 5.32 Å². The van der Waals surface area contributed by atoms with Crippen LogP contribution in [0.5, 0.6) is 23.0 Å². The summed E-state index contributed by atoms with van der Waals surface area (Å²) >= 11 is 0. The molecule has 0 spiro atoms. The van der Waals surface area contributed by atoms with Gasteiger partial charge in [0.1, 0.15) is 5.75 Å². The molecule has 0 bridgehead atoms. The molecule has 0 aromatic heterocycles. The minimum Gasteiger partial charge on any atom is -0.504 e. The number of esters is 1. The SMILES string of the molecule is CC(=O)Oc1cccc(C(=O)NCc2cccc(NC(=O)c3cc(O)c(O)c(O)c3)c2)c1. The normalized spacial score (nSPS) is 10.3. The Hall–Kier alpha value is -4.53. The first-order chi connectivity index (χ1) is 15.2. The molecule has 32 heavy (non-hydrogen) atoms. The Labute approximate surface area is 182 Å². The zero-order valence-electron chi connectivity index (χ0n) is 17.0. The lowest BCUT2D eigenvalue weighted by Gasteiger charge is -2.10. The number of rotatable bonds is 6. The molecule has 0 aliphatic carbocycles. The Morgan fingerprint density at radius 3 is 2.22 bits per heavy atom.